The summed E-state index contributed by atoms with van der Waals surface area (Å²) in [6, 6.07) is 5.64. The largest absolute Gasteiger partial charge is 0.496 e. The van der Waals surface area contributed by atoms with E-state index < -0.39 is 5.60 Å². The number of thioether (sulfide) groups is 1. The van der Waals surface area contributed by atoms with Crippen LogP contribution >= 0.6 is 11.8 Å². The molecule has 0 bridgehead atoms. The lowest BCUT2D eigenvalue weighted by Gasteiger charge is -2.21. The van der Waals surface area contributed by atoms with Crippen molar-refractivity contribution in [1.29, 1.82) is 0 Å². The van der Waals surface area contributed by atoms with Gasteiger partial charge in [0.15, 0.2) is 0 Å². The second-order valence-electron chi connectivity index (χ2n) is 4.63. The molecule has 0 saturated heterocycles. The van der Waals surface area contributed by atoms with Crippen LogP contribution in [0.3, 0.4) is 0 Å². The Kier molecular flexibility index (Phi) is 3.84. The van der Waals surface area contributed by atoms with Crippen LogP contribution in [0.1, 0.15) is 25.7 Å². The molecule has 4 heteroatoms. The number of methoxy groups -OCH3 is 1. The number of nitrogens with two attached hydrogens (primary N) is 1. The zero-order valence-corrected chi connectivity index (χ0v) is 10.9. The predicted molar refractivity (Wildman–Crippen MR) is 71.5 cm³/mol. The van der Waals surface area contributed by atoms with Crippen molar-refractivity contribution in [3.8, 4) is 5.75 Å². The summed E-state index contributed by atoms with van der Waals surface area (Å²) in [6.45, 7) is 0. The van der Waals surface area contributed by atoms with Crippen LogP contribution in [0.15, 0.2) is 23.1 Å². The summed E-state index contributed by atoms with van der Waals surface area (Å²) in [6.07, 6.45) is 4.10. The molecule has 1 saturated carbocycles. The molecule has 0 radical (unpaired) electrons. The zero-order chi connectivity index (χ0) is 12.3. The lowest BCUT2D eigenvalue weighted by molar-refractivity contribution is 0.0732. The van der Waals surface area contributed by atoms with E-state index in [2.05, 4.69) is 0 Å². The maximum atomic E-state index is 10.3. The van der Waals surface area contributed by atoms with Gasteiger partial charge < -0.3 is 15.6 Å². The van der Waals surface area contributed by atoms with E-state index in [0.29, 0.717) is 5.69 Å². The summed E-state index contributed by atoms with van der Waals surface area (Å²) in [5, 5.41) is 10.3. The second kappa shape index (κ2) is 5.19. The van der Waals surface area contributed by atoms with Gasteiger partial charge in [0.25, 0.3) is 0 Å². The van der Waals surface area contributed by atoms with Gasteiger partial charge in [-0.25, -0.2) is 0 Å². The monoisotopic (exact) mass is 253 g/mol. The highest BCUT2D eigenvalue weighted by Crippen LogP contribution is 2.38. The number of aliphatic hydroxyl groups is 1. The van der Waals surface area contributed by atoms with E-state index in [1.165, 1.54) is 0 Å². The number of rotatable bonds is 4. The topological polar surface area (TPSA) is 55.5 Å². The number of anilines is 1. The average molecular weight is 253 g/mol. The normalized spacial score (nSPS) is 18.2. The molecule has 1 aliphatic carbocycles. The Balaban J connectivity index is 2.03. The van der Waals surface area contributed by atoms with Gasteiger partial charge in [-0.1, -0.05) is 12.8 Å². The van der Waals surface area contributed by atoms with Crippen molar-refractivity contribution in [2.24, 2.45) is 0 Å². The van der Waals surface area contributed by atoms with E-state index in [4.69, 9.17) is 10.5 Å². The van der Waals surface area contributed by atoms with Crippen LogP contribution in [0.4, 0.5) is 5.69 Å². The summed E-state index contributed by atoms with van der Waals surface area (Å²) < 4.78 is 5.29. The molecule has 0 spiro atoms. The summed E-state index contributed by atoms with van der Waals surface area (Å²) in [5.41, 5.74) is 5.92. The molecule has 1 fully saturated rings. The summed E-state index contributed by atoms with van der Waals surface area (Å²) in [7, 11) is 1.64. The molecular weight excluding hydrogens is 234 g/mol. The van der Waals surface area contributed by atoms with Gasteiger partial charge in [0.2, 0.25) is 0 Å². The Morgan fingerprint density at radius 1 is 1.41 bits per heavy atom. The number of ether oxygens (including phenoxy) is 1. The fourth-order valence-electron chi connectivity index (χ4n) is 2.19. The van der Waals surface area contributed by atoms with Crippen LogP contribution in [0, 0.1) is 0 Å². The molecule has 0 aliphatic heterocycles. The minimum atomic E-state index is -0.489. The predicted octanol–water partition coefficient (Wildman–Crippen LogP) is 2.67. The van der Waals surface area contributed by atoms with Gasteiger partial charge >= 0.3 is 0 Å². The standard InChI is InChI=1S/C13H19NO2S/c1-16-11-8-10(14)4-5-12(11)17-9-13(15)6-2-3-7-13/h4-5,8,15H,2-3,6-7,9,14H2,1H3. The molecule has 0 heterocycles. The van der Waals surface area contributed by atoms with Crippen LogP contribution in [-0.2, 0) is 0 Å². The van der Waals surface area contributed by atoms with Crippen LogP contribution < -0.4 is 10.5 Å². The fourth-order valence-corrected chi connectivity index (χ4v) is 3.35. The van der Waals surface area contributed by atoms with Crippen molar-refractivity contribution in [1.82, 2.24) is 0 Å². The summed E-state index contributed by atoms with van der Waals surface area (Å²) in [5.74, 6) is 1.52. The van der Waals surface area contributed by atoms with E-state index >= 15 is 0 Å². The van der Waals surface area contributed by atoms with Crippen molar-refractivity contribution in [2.45, 2.75) is 36.2 Å². The molecule has 0 atom stereocenters. The van der Waals surface area contributed by atoms with E-state index in [1.807, 2.05) is 18.2 Å². The molecule has 94 valence electrons. The Morgan fingerprint density at radius 3 is 2.76 bits per heavy atom. The molecule has 2 rings (SSSR count). The van der Waals surface area contributed by atoms with Gasteiger partial charge in [0.05, 0.1) is 12.7 Å². The first-order chi connectivity index (χ1) is 8.13. The van der Waals surface area contributed by atoms with Crippen LogP contribution in [0.5, 0.6) is 5.75 Å². The number of benzene rings is 1. The van der Waals surface area contributed by atoms with Crippen LogP contribution in [0.2, 0.25) is 0 Å². The fraction of sp³-hybridized carbons (Fsp3) is 0.538. The number of hydrogen-bond donors (Lipinski definition) is 2. The van der Waals surface area contributed by atoms with Crippen LogP contribution in [-0.4, -0.2) is 23.6 Å². The van der Waals surface area contributed by atoms with E-state index in [9.17, 15) is 5.11 Å². The Bertz CT molecular complexity index is 389. The molecule has 0 unspecified atom stereocenters. The Morgan fingerprint density at radius 2 is 2.12 bits per heavy atom. The number of hydrogen-bond acceptors (Lipinski definition) is 4. The average Bonchev–Trinajstić information content (AvgIpc) is 2.75. The SMILES string of the molecule is COc1cc(N)ccc1SCC1(O)CCCC1. The first-order valence-corrected chi connectivity index (χ1v) is 6.90. The van der Waals surface area contributed by atoms with Gasteiger partial charge in [-0.2, -0.15) is 0 Å². The third kappa shape index (κ3) is 3.07. The van der Waals surface area contributed by atoms with Gasteiger partial charge in [0, 0.05) is 22.4 Å². The van der Waals surface area contributed by atoms with Crippen molar-refractivity contribution in [3.05, 3.63) is 18.2 Å². The van der Waals surface area contributed by atoms with Crippen molar-refractivity contribution in [2.75, 3.05) is 18.6 Å². The molecule has 3 nitrogen and oxygen atoms in total. The van der Waals surface area contributed by atoms with Crippen LogP contribution in [0.25, 0.3) is 0 Å². The first kappa shape index (κ1) is 12.6. The quantitative estimate of drug-likeness (QED) is 0.640. The molecule has 1 aromatic carbocycles. The summed E-state index contributed by atoms with van der Waals surface area (Å²) >= 11 is 1.65. The van der Waals surface area contributed by atoms with Gasteiger partial charge in [0.1, 0.15) is 5.75 Å². The second-order valence-corrected chi connectivity index (χ2v) is 5.65. The maximum absolute atomic E-state index is 10.3. The van der Waals surface area contributed by atoms with Gasteiger partial charge in [-0.05, 0) is 25.0 Å². The Labute approximate surface area is 106 Å². The third-order valence-corrected chi connectivity index (χ3v) is 4.55. The van der Waals surface area contributed by atoms with Crippen molar-refractivity contribution < 1.29 is 9.84 Å². The molecule has 3 N–H and O–H groups in total. The maximum Gasteiger partial charge on any atom is 0.134 e. The minimum Gasteiger partial charge on any atom is -0.496 e. The van der Waals surface area contributed by atoms with Crippen molar-refractivity contribution in [3.63, 3.8) is 0 Å². The first-order valence-electron chi connectivity index (χ1n) is 5.92. The molecule has 0 amide bonds. The van der Waals surface area contributed by atoms with Gasteiger partial charge in [-0.15, -0.1) is 11.8 Å². The van der Waals surface area contributed by atoms with E-state index in [0.717, 1.165) is 42.1 Å². The number of nitrogen functional groups attached to an aromatic ring is 1. The highest BCUT2D eigenvalue weighted by atomic mass is 32.2. The zero-order valence-electron chi connectivity index (χ0n) is 10.1. The smallest absolute Gasteiger partial charge is 0.134 e. The highest BCUT2D eigenvalue weighted by Gasteiger charge is 2.31. The third-order valence-electron chi connectivity index (χ3n) is 3.22. The van der Waals surface area contributed by atoms with E-state index in [1.54, 1.807) is 18.9 Å². The van der Waals surface area contributed by atoms with Gasteiger partial charge in [-0.3, -0.25) is 0 Å². The molecular formula is C13H19NO2S. The minimum absolute atomic E-state index is 0.489. The Hall–Kier alpha value is -0.870. The molecule has 1 aliphatic rings. The van der Waals surface area contributed by atoms with E-state index in [-0.39, 0.29) is 0 Å². The molecule has 0 aromatic heterocycles. The molecule has 1 aromatic rings. The van der Waals surface area contributed by atoms with Crippen molar-refractivity contribution >= 4 is 17.4 Å². The lowest BCUT2D eigenvalue weighted by atomic mass is 10.1. The summed E-state index contributed by atoms with van der Waals surface area (Å²) in [4.78, 5) is 1.04. The molecule has 17 heavy (non-hydrogen) atoms. The lowest BCUT2D eigenvalue weighted by Crippen LogP contribution is -2.27. The highest BCUT2D eigenvalue weighted by molar-refractivity contribution is 7.99.